The average molecular weight is 326 g/mol. The van der Waals surface area contributed by atoms with Crippen LogP contribution in [0.1, 0.15) is 29.8 Å². The molecular formula is C19H26N4O. The zero-order valence-electron chi connectivity index (χ0n) is 14.7. The number of carbonyl (C=O) groups is 1. The minimum atomic E-state index is 0.0996. The molecule has 0 bridgehead atoms. The third-order valence-corrected chi connectivity index (χ3v) is 4.90. The number of likely N-dealkylation sites (tertiary alicyclic amines) is 1. The molecule has 1 aromatic carbocycles. The van der Waals surface area contributed by atoms with Gasteiger partial charge in [0.25, 0.3) is 0 Å². The number of hydrogen-bond donors (Lipinski definition) is 1. The van der Waals surface area contributed by atoms with Crippen molar-refractivity contribution in [2.75, 3.05) is 18.4 Å². The molecule has 1 fully saturated rings. The van der Waals surface area contributed by atoms with Crippen LogP contribution in [-0.2, 0) is 18.4 Å². The van der Waals surface area contributed by atoms with E-state index in [1.54, 1.807) is 0 Å². The van der Waals surface area contributed by atoms with Crippen molar-refractivity contribution in [2.45, 2.75) is 33.2 Å². The summed E-state index contributed by atoms with van der Waals surface area (Å²) in [7, 11) is 2.02. The average Bonchev–Trinajstić information content (AvgIpc) is 2.96. The van der Waals surface area contributed by atoms with Crippen molar-refractivity contribution in [3.05, 3.63) is 47.5 Å². The van der Waals surface area contributed by atoms with Gasteiger partial charge in [-0.3, -0.25) is 9.69 Å². The number of carbonyl (C=O) groups excluding carboxylic acids is 1. The molecular weight excluding hydrogens is 300 g/mol. The first kappa shape index (κ1) is 16.7. The standard InChI is InChI=1S/C19H26N4O/c1-14-4-5-15(2)17(12-14)21-19(24)16-6-9-23(10-7-16)13-18-20-8-11-22(18)3/h4-5,8,11-12,16H,6-7,9-10,13H2,1-3H3,(H,21,24). The number of amides is 1. The molecule has 24 heavy (non-hydrogen) atoms. The van der Waals surface area contributed by atoms with Crippen LogP contribution in [0.4, 0.5) is 5.69 Å². The van der Waals surface area contributed by atoms with Crippen LogP contribution < -0.4 is 5.32 Å². The summed E-state index contributed by atoms with van der Waals surface area (Å²) in [4.78, 5) is 19.3. The summed E-state index contributed by atoms with van der Waals surface area (Å²) in [5, 5.41) is 3.12. The van der Waals surface area contributed by atoms with Gasteiger partial charge in [-0.15, -0.1) is 0 Å². The van der Waals surface area contributed by atoms with Crippen molar-refractivity contribution in [1.29, 1.82) is 0 Å². The molecule has 1 aliphatic heterocycles. The summed E-state index contributed by atoms with van der Waals surface area (Å²) >= 11 is 0. The molecule has 1 amide bonds. The number of rotatable bonds is 4. The minimum absolute atomic E-state index is 0.0996. The van der Waals surface area contributed by atoms with Crippen LogP contribution in [-0.4, -0.2) is 33.4 Å². The van der Waals surface area contributed by atoms with Gasteiger partial charge in [-0.25, -0.2) is 4.98 Å². The van der Waals surface area contributed by atoms with E-state index in [1.807, 2.05) is 39.4 Å². The summed E-state index contributed by atoms with van der Waals surface area (Å²) in [5.74, 6) is 1.33. The molecule has 0 aliphatic carbocycles. The fraction of sp³-hybridized carbons (Fsp3) is 0.474. The Morgan fingerprint density at radius 2 is 2.04 bits per heavy atom. The summed E-state index contributed by atoms with van der Waals surface area (Å²) in [6.07, 6.45) is 5.61. The molecule has 0 unspecified atom stereocenters. The van der Waals surface area contributed by atoms with Crippen LogP contribution in [0.15, 0.2) is 30.6 Å². The Labute approximate surface area is 143 Å². The van der Waals surface area contributed by atoms with E-state index in [-0.39, 0.29) is 11.8 Å². The Morgan fingerprint density at radius 3 is 2.71 bits per heavy atom. The van der Waals surface area contributed by atoms with E-state index in [0.717, 1.165) is 49.6 Å². The first-order chi connectivity index (χ1) is 11.5. The van der Waals surface area contributed by atoms with Crippen LogP contribution in [0.25, 0.3) is 0 Å². The van der Waals surface area contributed by atoms with Gasteiger partial charge in [0.05, 0.1) is 6.54 Å². The van der Waals surface area contributed by atoms with E-state index < -0.39 is 0 Å². The lowest BCUT2D eigenvalue weighted by Crippen LogP contribution is -2.38. The van der Waals surface area contributed by atoms with E-state index in [2.05, 4.69) is 31.9 Å². The maximum atomic E-state index is 12.6. The molecule has 1 saturated heterocycles. The highest BCUT2D eigenvalue weighted by molar-refractivity contribution is 5.93. The van der Waals surface area contributed by atoms with Crippen LogP contribution in [0.2, 0.25) is 0 Å². The third kappa shape index (κ3) is 3.85. The highest BCUT2D eigenvalue weighted by Gasteiger charge is 2.25. The van der Waals surface area contributed by atoms with Crippen molar-refractivity contribution < 1.29 is 4.79 Å². The largest absolute Gasteiger partial charge is 0.337 e. The van der Waals surface area contributed by atoms with Gasteiger partial charge in [-0.05, 0) is 57.0 Å². The van der Waals surface area contributed by atoms with E-state index in [0.29, 0.717) is 0 Å². The second-order valence-corrected chi connectivity index (χ2v) is 6.81. The smallest absolute Gasteiger partial charge is 0.227 e. The van der Waals surface area contributed by atoms with Gasteiger partial charge in [-0.1, -0.05) is 12.1 Å². The second kappa shape index (κ2) is 7.18. The number of hydrogen-bond acceptors (Lipinski definition) is 3. The van der Waals surface area contributed by atoms with Crippen molar-refractivity contribution in [2.24, 2.45) is 13.0 Å². The predicted octanol–water partition coefficient (Wildman–Crippen LogP) is 2.89. The maximum Gasteiger partial charge on any atom is 0.227 e. The van der Waals surface area contributed by atoms with Crippen molar-refractivity contribution in [1.82, 2.24) is 14.5 Å². The number of anilines is 1. The lowest BCUT2D eigenvalue weighted by Gasteiger charge is -2.31. The van der Waals surface area contributed by atoms with Gasteiger partial charge >= 0.3 is 0 Å². The molecule has 0 saturated carbocycles. The number of imidazole rings is 1. The zero-order valence-corrected chi connectivity index (χ0v) is 14.7. The summed E-state index contributed by atoms with van der Waals surface area (Å²) in [5.41, 5.74) is 3.22. The molecule has 0 atom stereocenters. The lowest BCUT2D eigenvalue weighted by molar-refractivity contribution is -0.121. The van der Waals surface area contributed by atoms with Crippen LogP contribution in [0.3, 0.4) is 0 Å². The molecule has 1 aliphatic rings. The summed E-state index contributed by atoms with van der Waals surface area (Å²) < 4.78 is 2.05. The SMILES string of the molecule is Cc1ccc(C)c(NC(=O)C2CCN(Cc3nccn3C)CC2)c1. The number of benzene rings is 1. The molecule has 1 N–H and O–H groups in total. The Bertz CT molecular complexity index is 714. The van der Waals surface area contributed by atoms with Gasteiger partial charge < -0.3 is 9.88 Å². The van der Waals surface area contributed by atoms with E-state index in [4.69, 9.17) is 0 Å². The topological polar surface area (TPSA) is 50.2 Å². The second-order valence-electron chi connectivity index (χ2n) is 6.81. The minimum Gasteiger partial charge on any atom is -0.337 e. The molecule has 2 aromatic rings. The Balaban J connectivity index is 1.53. The predicted molar refractivity (Wildman–Crippen MR) is 95.8 cm³/mol. The highest BCUT2D eigenvalue weighted by Crippen LogP contribution is 2.22. The summed E-state index contributed by atoms with van der Waals surface area (Å²) in [6, 6.07) is 6.17. The molecule has 1 aromatic heterocycles. The van der Waals surface area contributed by atoms with Crippen molar-refractivity contribution in [3.8, 4) is 0 Å². The number of nitrogens with one attached hydrogen (secondary N) is 1. The Hall–Kier alpha value is -2.14. The molecule has 128 valence electrons. The Morgan fingerprint density at radius 1 is 1.29 bits per heavy atom. The van der Waals surface area contributed by atoms with Gasteiger partial charge in [0, 0.05) is 31.0 Å². The number of aromatic nitrogens is 2. The number of aryl methyl sites for hydroxylation is 3. The van der Waals surface area contributed by atoms with Crippen LogP contribution >= 0.6 is 0 Å². The monoisotopic (exact) mass is 326 g/mol. The highest BCUT2D eigenvalue weighted by atomic mass is 16.1. The molecule has 5 heteroatoms. The van der Waals surface area contributed by atoms with Gasteiger partial charge in [0.2, 0.25) is 5.91 Å². The zero-order chi connectivity index (χ0) is 17.1. The maximum absolute atomic E-state index is 12.6. The molecule has 0 radical (unpaired) electrons. The Kier molecular flexibility index (Phi) is 5.00. The van der Waals surface area contributed by atoms with Crippen molar-refractivity contribution >= 4 is 11.6 Å². The number of piperidine rings is 1. The molecule has 3 rings (SSSR count). The fourth-order valence-corrected chi connectivity index (χ4v) is 3.21. The van der Waals surface area contributed by atoms with Crippen LogP contribution in [0.5, 0.6) is 0 Å². The molecule has 0 spiro atoms. The first-order valence-corrected chi connectivity index (χ1v) is 8.59. The fourth-order valence-electron chi connectivity index (χ4n) is 3.21. The lowest BCUT2D eigenvalue weighted by atomic mass is 9.95. The van der Waals surface area contributed by atoms with Gasteiger partial charge in [0.1, 0.15) is 5.82 Å². The third-order valence-electron chi connectivity index (χ3n) is 4.90. The number of nitrogens with zero attached hydrogens (tertiary/aromatic N) is 3. The first-order valence-electron chi connectivity index (χ1n) is 8.59. The van der Waals surface area contributed by atoms with E-state index in [9.17, 15) is 4.79 Å². The van der Waals surface area contributed by atoms with E-state index in [1.165, 1.54) is 5.56 Å². The quantitative estimate of drug-likeness (QED) is 0.940. The molecule has 5 nitrogen and oxygen atoms in total. The van der Waals surface area contributed by atoms with E-state index >= 15 is 0 Å². The normalized spacial score (nSPS) is 16.3. The summed E-state index contributed by atoms with van der Waals surface area (Å²) in [6.45, 7) is 6.82. The van der Waals surface area contributed by atoms with Gasteiger partial charge in [0.15, 0.2) is 0 Å². The van der Waals surface area contributed by atoms with Crippen LogP contribution in [0, 0.1) is 19.8 Å². The van der Waals surface area contributed by atoms with Crippen molar-refractivity contribution in [3.63, 3.8) is 0 Å². The molecule has 2 heterocycles. The van der Waals surface area contributed by atoms with Gasteiger partial charge in [-0.2, -0.15) is 0 Å².